The highest BCUT2D eigenvalue weighted by Gasteiger charge is 2.28. The molecule has 0 spiro atoms. The van der Waals surface area contributed by atoms with Crippen LogP contribution < -0.4 is 4.90 Å². The largest absolute Gasteiger partial charge is 0.324 e. The van der Waals surface area contributed by atoms with Crippen LogP contribution in [0, 0.1) is 20.8 Å². The van der Waals surface area contributed by atoms with Crippen LogP contribution in [0.4, 0.5) is 11.5 Å². The Morgan fingerprint density at radius 2 is 1.85 bits per heavy atom. The molecule has 3 rings (SSSR count). The number of nitrogens with zero attached hydrogens (tertiary/aromatic N) is 3. The van der Waals surface area contributed by atoms with Gasteiger partial charge in [-0.3, -0.25) is 4.68 Å². The molecule has 0 saturated carbocycles. The third kappa shape index (κ3) is 3.32. The lowest BCUT2D eigenvalue weighted by Crippen LogP contribution is -2.26. The molecule has 0 radical (unpaired) electrons. The highest BCUT2D eigenvalue weighted by Crippen LogP contribution is 2.40. The third-order valence-corrected chi connectivity index (χ3v) is 5.37. The SMILES string of the molecule is CC/C=C(\CCC)c1c2c(nn1C)N(c1c(C)cc(C)cc1C)CCC2. The summed E-state index contributed by atoms with van der Waals surface area (Å²) in [5.74, 6) is 1.17. The van der Waals surface area contributed by atoms with Crippen molar-refractivity contribution < 1.29 is 0 Å². The van der Waals surface area contributed by atoms with E-state index in [4.69, 9.17) is 5.10 Å². The van der Waals surface area contributed by atoms with Crippen LogP contribution in [0.25, 0.3) is 5.57 Å². The van der Waals surface area contributed by atoms with E-state index in [0.717, 1.165) is 25.8 Å². The summed E-state index contributed by atoms with van der Waals surface area (Å²) in [5, 5.41) is 5.00. The van der Waals surface area contributed by atoms with E-state index in [1.807, 2.05) is 0 Å². The van der Waals surface area contributed by atoms with Crippen LogP contribution in [-0.4, -0.2) is 16.3 Å². The number of hydrogen-bond acceptors (Lipinski definition) is 2. The summed E-state index contributed by atoms with van der Waals surface area (Å²) < 4.78 is 2.12. The molecule has 0 amide bonds. The van der Waals surface area contributed by atoms with E-state index in [-0.39, 0.29) is 0 Å². The second-order valence-corrected chi connectivity index (χ2v) is 7.66. The molecule has 3 nitrogen and oxygen atoms in total. The van der Waals surface area contributed by atoms with Gasteiger partial charge in [0.2, 0.25) is 0 Å². The van der Waals surface area contributed by atoms with E-state index in [1.165, 1.54) is 57.9 Å². The van der Waals surface area contributed by atoms with Crippen molar-refractivity contribution in [2.45, 2.75) is 66.7 Å². The molecule has 0 bridgehead atoms. The Kier molecular flexibility index (Phi) is 5.55. The summed E-state index contributed by atoms with van der Waals surface area (Å²) in [6.07, 6.45) is 8.08. The average molecular weight is 352 g/mol. The van der Waals surface area contributed by atoms with Crippen LogP contribution in [0.5, 0.6) is 0 Å². The van der Waals surface area contributed by atoms with E-state index in [2.05, 4.69) is 69.5 Å². The quantitative estimate of drug-likeness (QED) is 0.656. The Labute approximate surface area is 158 Å². The van der Waals surface area contributed by atoms with E-state index in [0.29, 0.717) is 0 Å². The van der Waals surface area contributed by atoms with Crippen molar-refractivity contribution in [1.29, 1.82) is 0 Å². The van der Waals surface area contributed by atoms with Crippen molar-refractivity contribution in [2.24, 2.45) is 7.05 Å². The lowest BCUT2D eigenvalue weighted by atomic mass is 9.95. The number of allylic oxidation sites excluding steroid dienone is 2. The van der Waals surface area contributed by atoms with Gasteiger partial charge in [-0.25, -0.2) is 0 Å². The second-order valence-electron chi connectivity index (χ2n) is 7.66. The van der Waals surface area contributed by atoms with Crippen molar-refractivity contribution in [3.63, 3.8) is 0 Å². The molecular formula is C23H33N3. The molecule has 2 aromatic rings. The lowest BCUT2D eigenvalue weighted by molar-refractivity contribution is 0.736. The van der Waals surface area contributed by atoms with Crippen molar-refractivity contribution in [1.82, 2.24) is 9.78 Å². The van der Waals surface area contributed by atoms with Gasteiger partial charge in [0.15, 0.2) is 5.82 Å². The molecule has 1 aliphatic heterocycles. The Morgan fingerprint density at radius 3 is 2.46 bits per heavy atom. The van der Waals surface area contributed by atoms with E-state index < -0.39 is 0 Å². The first-order valence-electron chi connectivity index (χ1n) is 10.1. The first-order valence-corrected chi connectivity index (χ1v) is 10.1. The van der Waals surface area contributed by atoms with Crippen LogP contribution in [0.3, 0.4) is 0 Å². The maximum absolute atomic E-state index is 5.00. The molecular weight excluding hydrogens is 318 g/mol. The van der Waals surface area contributed by atoms with Gasteiger partial charge in [-0.1, -0.05) is 44.0 Å². The summed E-state index contributed by atoms with van der Waals surface area (Å²) in [4.78, 5) is 2.46. The molecule has 1 aliphatic rings. The minimum absolute atomic E-state index is 1.05. The van der Waals surface area contributed by atoms with E-state index >= 15 is 0 Å². The van der Waals surface area contributed by atoms with Crippen LogP contribution in [0.1, 0.15) is 67.5 Å². The first-order chi connectivity index (χ1) is 12.5. The molecule has 1 aromatic heterocycles. The molecule has 26 heavy (non-hydrogen) atoms. The molecule has 2 heterocycles. The van der Waals surface area contributed by atoms with Crippen molar-refractivity contribution >= 4 is 17.1 Å². The molecule has 1 aromatic carbocycles. The monoisotopic (exact) mass is 351 g/mol. The fraction of sp³-hybridized carbons (Fsp3) is 0.522. The maximum atomic E-state index is 5.00. The van der Waals surface area contributed by atoms with Gasteiger partial charge in [0.05, 0.1) is 5.69 Å². The highest BCUT2D eigenvalue weighted by atomic mass is 15.4. The molecule has 3 heteroatoms. The Balaban J connectivity index is 2.13. The van der Waals surface area contributed by atoms with Crippen molar-refractivity contribution in [3.8, 4) is 0 Å². The fourth-order valence-electron chi connectivity index (χ4n) is 4.57. The zero-order chi connectivity index (χ0) is 18.8. The molecule has 0 unspecified atom stereocenters. The Morgan fingerprint density at radius 1 is 1.15 bits per heavy atom. The van der Waals surface area contributed by atoms with E-state index in [1.54, 1.807) is 0 Å². The molecule has 0 N–H and O–H groups in total. The summed E-state index contributed by atoms with van der Waals surface area (Å²) in [6.45, 7) is 12.2. The number of rotatable bonds is 5. The Hall–Kier alpha value is -2.03. The molecule has 0 saturated heterocycles. The third-order valence-electron chi connectivity index (χ3n) is 5.37. The smallest absolute Gasteiger partial charge is 0.158 e. The number of aryl methyl sites for hydroxylation is 4. The van der Waals surface area contributed by atoms with Gasteiger partial charge in [-0.2, -0.15) is 5.10 Å². The van der Waals surface area contributed by atoms with Gasteiger partial charge >= 0.3 is 0 Å². The maximum Gasteiger partial charge on any atom is 0.158 e. The van der Waals surface area contributed by atoms with Gasteiger partial charge in [0.1, 0.15) is 0 Å². The molecule has 140 valence electrons. The summed E-state index contributed by atoms with van der Waals surface area (Å²) >= 11 is 0. The topological polar surface area (TPSA) is 21.1 Å². The number of fused-ring (bicyclic) bond motifs is 1. The molecule has 0 aliphatic carbocycles. The van der Waals surface area contributed by atoms with Gasteiger partial charge in [0.25, 0.3) is 0 Å². The van der Waals surface area contributed by atoms with E-state index in [9.17, 15) is 0 Å². The standard InChI is InChI=1S/C23H33N3/c1-7-10-19(11-8-2)22-20-12-9-13-26(23(20)24-25(22)6)21-17(4)14-16(3)15-18(21)5/h10,14-15H,7-9,11-13H2,1-6H3/b19-10+. The predicted molar refractivity (Wildman–Crippen MR) is 112 cm³/mol. The van der Waals surface area contributed by atoms with Gasteiger partial charge < -0.3 is 4.90 Å². The van der Waals surface area contributed by atoms with Gasteiger partial charge in [-0.15, -0.1) is 0 Å². The minimum Gasteiger partial charge on any atom is -0.324 e. The number of hydrogen-bond donors (Lipinski definition) is 0. The van der Waals surface area contributed by atoms with Gasteiger partial charge in [-0.05, 0) is 63.2 Å². The molecule has 0 fully saturated rings. The van der Waals surface area contributed by atoms with Crippen LogP contribution in [0.2, 0.25) is 0 Å². The minimum atomic E-state index is 1.05. The number of benzene rings is 1. The number of anilines is 2. The van der Waals surface area contributed by atoms with Crippen LogP contribution in [0.15, 0.2) is 18.2 Å². The second kappa shape index (κ2) is 7.69. The summed E-state index contributed by atoms with van der Waals surface area (Å²) in [5.41, 5.74) is 9.63. The lowest BCUT2D eigenvalue weighted by Gasteiger charge is -2.31. The Bertz CT molecular complexity index is 803. The highest BCUT2D eigenvalue weighted by molar-refractivity contribution is 5.76. The fourth-order valence-corrected chi connectivity index (χ4v) is 4.57. The van der Waals surface area contributed by atoms with Crippen LogP contribution in [-0.2, 0) is 13.5 Å². The zero-order valence-corrected chi connectivity index (χ0v) is 17.3. The van der Waals surface area contributed by atoms with Crippen molar-refractivity contribution in [3.05, 3.63) is 46.2 Å². The molecule has 0 atom stereocenters. The number of aromatic nitrogens is 2. The van der Waals surface area contributed by atoms with Gasteiger partial charge in [0, 0.05) is 24.8 Å². The first kappa shape index (κ1) is 18.8. The summed E-state index contributed by atoms with van der Waals surface area (Å²) in [6, 6.07) is 4.58. The van der Waals surface area contributed by atoms with Crippen molar-refractivity contribution in [2.75, 3.05) is 11.4 Å². The predicted octanol–water partition coefficient (Wildman–Crippen LogP) is 6.02. The zero-order valence-electron chi connectivity index (χ0n) is 17.3. The van der Waals surface area contributed by atoms with Crippen LogP contribution >= 0.6 is 0 Å². The normalized spacial score (nSPS) is 14.7. The average Bonchev–Trinajstić information content (AvgIpc) is 2.90. The summed E-state index contributed by atoms with van der Waals surface area (Å²) in [7, 11) is 2.11.